The van der Waals surface area contributed by atoms with Gasteiger partial charge in [0.05, 0.1) is 18.3 Å². The van der Waals surface area contributed by atoms with Crippen LogP contribution in [0.2, 0.25) is 0 Å². The number of nitrogens with zero attached hydrogens (tertiary/aromatic N) is 2. The van der Waals surface area contributed by atoms with Gasteiger partial charge in [-0.1, -0.05) is 13.0 Å². The maximum atomic E-state index is 5.69. The molecule has 108 valence electrons. The van der Waals surface area contributed by atoms with Crippen molar-refractivity contribution in [3.63, 3.8) is 0 Å². The first-order valence-corrected chi connectivity index (χ1v) is 7.63. The minimum absolute atomic E-state index is 0.343. The molecule has 1 aliphatic heterocycles. The molecule has 2 atom stereocenters. The topological polar surface area (TPSA) is 38.6 Å². The van der Waals surface area contributed by atoms with Crippen molar-refractivity contribution in [1.82, 2.24) is 14.9 Å². The maximum absolute atomic E-state index is 5.69. The second-order valence-electron chi connectivity index (χ2n) is 5.54. The Balaban J connectivity index is 1.90. The number of rotatable bonds is 5. The molecule has 0 bridgehead atoms. The van der Waals surface area contributed by atoms with Crippen LogP contribution in [-0.4, -0.2) is 29.4 Å². The SMILES string of the molecule is CCCNC(c1cnn2ccccc12)C1CCCOC1. The van der Waals surface area contributed by atoms with E-state index in [9.17, 15) is 0 Å². The first kappa shape index (κ1) is 13.6. The third-order valence-corrected chi connectivity index (χ3v) is 4.07. The summed E-state index contributed by atoms with van der Waals surface area (Å²) in [5.74, 6) is 0.545. The molecule has 3 rings (SSSR count). The predicted molar refractivity (Wildman–Crippen MR) is 79.8 cm³/mol. The Kier molecular flexibility index (Phi) is 4.33. The fourth-order valence-corrected chi connectivity index (χ4v) is 3.05. The standard InChI is InChI=1S/C16H23N3O/c1-2-8-17-16(13-6-5-10-20-12-13)14-11-18-19-9-4-3-7-15(14)19/h3-4,7,9,11,13,16-17H,2,5-6,8,10,12H2,1H3. The van der Waals surface area contributed by atoms with Crippen molar-refractivity contribution < 1.29 is 4.74 Å². The monoisotopic (exact) mass is 273 g/mol. The van der Waals surface area contributed by atoms with Gasteiger partial charge in [-0.05, 0) is 37.9 Å². The van der Waals surface area contributed by atoms with E-state index in [-0.39, 0.29) is 0 Å². The lowest BCUT2D eigenvalue weighted by molar-refractivity contribution is 0.0392. The van der Waals surface area contributed by atoms with Crippen molar-refractivity contribution >= 4 is 5.52 Å². The fraction of sp³-hybridized carbons (Fsp3) is 0.562. The molecule has 0 saturated carbocycles. The van der Waals surface area contributed by atoms with Gasteiger partial charge in [0.2, 0.25) is 0 Å². The van der Waals surface area contributed by atoms with Gasteiger partial charge in [0.1, 0.15) is 0 Å². The molecule has 0 aliphatic carbocycles. The summed E-state index contributed by atoms with van der Waals surface area (Å²) in [7, 11) is 0. The number of ether oxygens (including phenoxy) is 1. The summed E-state index contributed by atoms with van der Waals surface area (Å²) in [4.78, 5) is 0. The highest BCUT2D eigenvalue weighted by Gasteiger charge is 2.27. The second-order valence-corrected chi connectivity index (χ2v) is 5.54. The Labute approximate surface area is 120 Å². The Morgan fingerprint density at radius 3 is 3.25 bits per heavy atom. The van der Waals surface area contributed by atoms with Crippen molar-refractivity contribution in [3.8, 4) is 0 Å². The van der Waals surface area contributed by atoms with Crippen molar-refractivity contribution in [2.24, 2.45) is 5.92 Å². The number of hydrogen-bond donors (Lipinski definition) is 1. The molecule has 20 heavy (non-hydrogen) atoms. The van der Waals surface area contributed by atoms with E-state index in [1.165, 1.54) is 17.5 Å². The zero-order chi connectivity index (χ0) is 13.8. The minimum atomic E-state index is 0.343. The van der Waals surface area contributed by atoms with Crippen LogP contribution in [0, 0.1) is 5.92 Å². The van der Waals surface area contributed by atoms with E-state index in [4.69, 9.17) is 4.74 Å². The van der Waals surface area contributed by atoms with E-state index in [0.29, 0.717) is 12.0 Å². The van der Waals surface area contributed by atoms with Gasteiger partial charge in [-0.2, -0.15) is 5.10 Å². The molecule has 2 aromatic heterocycles. The molecule has 0 spiro atoms. The summed E-state index contributed by atoms with van der Waals surface area (Å²) in [5.41, 5.74) is 2.50. The zero-order valence-electron chi connectivity index (χ0n) is 12.1. The van der Waals surface area contributed by atoms with Gasteiger partial charge in [0, 0.05) is 30.3 Å². The van der Waals surface area contributed by atoms with Crippen LogP contribution in [0.25, 0.3) is 5.52 Å². The molecule has 0 aromatic carbocycles. The molecule has 1 fully saturated rings. The molecule has 3 heterocycles. The first-order chi connectivity index (χ1) is 9.90. The molecule has 0 amide bonds. The number of nitrogens with one attached hydrogen (secondary N) is 1. The maximum Gasteiger partial charge on any atom is 0.0709 e. The number of aromatic nitrogens is 2. The van der Waals surface area contributed by atoms with Crippen LogP contribution in [0.3, 0.4) is 0 Å². The van der Waals surface area contributed by atoms with E-state index >= 15 is 0 Å². The summed E-state index contributed by atoms with van der Waals surface area (Å²) < 4.78 is 7.64. The van der Waals surface area contributed by atoms with Crippen LogP contribution in [0.15, 0.2) is 30.6 Å². The van der Waals surface area contributed by atoms with E-state index < -0.39 is 0 Å². The van der Waals surface area contributed by atoms with Crippen LogP contribution in [0.1, 0.15) is 37.8 Å². The number of pyridine rings is 1. The lowest BCUT2D eigenvalue weighted by Gasteiger charge is -2.30. The molecule has 2 aromatic rings. The second kappa shape index (κ2) is 6.37. The number of fused-ring (bicyclic) bond motifs is 1. The highest BCUT2D eigenvalue weighted by Crippen LogP contribution is 2.31. The van der Waals surface area contributed by atoms with Gasteiger partial charge >= 0.3 is 0 Å². The third-order valence-electron chi connectivity index (χ3n) is 4.07. The quantitative estimate of drug-likeness (QED) is 0.910. The Morgan fingerprint density at radius 2 is 2.45 bits per heavy atom. The van der Waals surface area contributed by atoms with E-state index in [1.54, 1.807) is 0 Å². The smallest absolute Gasteiger partial charge is 0.0709 e. The summed E-state index contributed by atoms with van der Waals surface area (Å²) in [6.45, 7) is 5.00. The van der Waals surface area contributed by atoms with Crippen molar-refractivity contribution in [1.29, 1.82) is 0 Å². The summed E-state index contributed by atoms with van der Waals surface area (Å²) in [6, 6.07) is 6.58. The van der Waals surface area contributed by atoms with Crippen molar-refractivity contribution in [2.45, 2.75) is 32.2 Å². The van der Waals surface area contributed by atoms with E-state index in [0.717, 1.165) is 32.6 Å². The third kappa shape index (κ3) is 2.72. The lowest BCUT2D eigenvalue weighted by Crippen LogP contribution is -2.33. The van der Waals surface area contributed by atoms with Gasteiger partial charge in [-0.15, -0.1) is 0 Å². The summed E-state index contributed by atoms with van der Waals surface area (Å²) >= 11 is 0. The van der Waals surface area contributed by atoms with Crippen LogP contribution >= 0.6 is 0 Å². The average Bonchev–Trinajstić information content (AvgIpc) is 2.93. The molecular formula is C16H23N3O. The molecule has 1 N–H and O–H groups in total. The molecule has 1 saturated heterocycles. The van der Waals surface area contributed by atoms with Gasteiger partial charge < -0.3 is 10.1 Å². The van der Waals surface area contributed by atoms with Crippen LogP contribution < -0.4 is 5.32 Å². The number of hydrogen-bond acceptors (Lipinski definition) is 3. The minimum Gasteiger partial charge on any atom is -0.381 e. The fourth-order valence-electron chi connectivity index (χ4n) is 3.05. The van der Waals surface area contributed by atoms with Gasteiger partial charge in [0.25, 0.3) is 0 Å². The Hall–Kier alpha value is -1.39. The molecule has 4 nitrogen and oxygen atoms in total. The Morgan fingerprint density at radius 1 is 1.50 bits per heavy atom. The highest BCUT2D eigenvalue weighted by atomic mass is 16.5. The van der Waals surface area contributed by atoms with Crippen molar-refractivity contribution in [3.05, 3.63) is 36.2 Å². The highest BCUT2D eigenvalue weighted by molar-refractivity contribution is 5.55. The van der Waals surface area contributed by atoms with E-state index in [2.05, 4.69) is 29.5 Å². The molecule has 2 unspecified atom stereocenters. The van der Waals surface area contributed by atoms with Crippen LogP contribution in [-0.2, 0) is 4.74 Å². The molecular weight excluding hydrogens is 250 g/mol. The van der Waals surface area contributed by atoms with Gasteiger partial charge in [-0.3, -0.25) is 0 Å². The van der Waals surface area contributed by atoms with Gasteiger partial charge in [-0.25, -0.2) is 4.52 Å². The first-order valence-electron chi connectivity index (χ1n) is 7.63. The van der Waals surface area contributed by atoms with Crippen molar-refractivity contribution in [2.75, 3.05) is 19.8 Å². The Bertz CT molecular complexity index is 545. The van der Waals surface area contributed by atoms with Crippen LogP contribution in [0.4, 0.5) is 0 Å². The largest absolute Gasteiger partial charge is 0.381 e. The lowest BCUT2D eigenvalue weighted by atomic mass is 9.89. The van der Waals surface area contributed by atoms with Gasteiger partial charge in [0.15, 0.2) is 0 Å². The van der Waals surface area contributed by atoms with Crippen LogP contribution in [0.5, 0.6) is 0 Å². The van der Waals surface area contributed by atoms with E-state index in [1.807, 2.05) is 23.0 Å². The summed E-state index contributed by atoms with van der Waals surface area (Å²) in [5, 5.41) is 8.18. The molecule has 0 radical (unpaired) electrons. The predicted octanol–water partition coefficient (Wildman–Crippen LogP) is 2.80. The zero-order valence-corrected chi connectivity index (χ0v) is 12.1. The summed E-state index contributed by atoms with van der Waals surface area (Å²) in [6.07, 6.45) is 7.55. The normalized spacial score (nSPS) is 21.1. The molecule has 1 aliphatic rings. The average molecular weight is 273 g/mol. The molecule has 4 heteroatoms.